The Morgan fingerprint density at radius 2 is 1.74 bits per heavy atom. The lowest BCUT2D eigenvalue weighted by atomic mass is 10.2. The van der Waals surface area contributed by atoms with Gasteiger partial charge in [0.05, 0.1) is 0 Å². The third-order valence-corrected chi connectivity index (χ3v) is 2.84. The van der Waals surface area contributed by atoms with Gasteiger partial charge >= 0.3 is 0 Å². The number of ether oxygens (including phenoxy) is 2. The standard InChI is InChI=1S/C16H19NO2/c1-13-5-2-3-8-16(13)19-10-9-18-15-7-4-6-14(11-15)12-17/h2-8,11H,9-10,12,17H2,1H3. The molecule has 3 heteroatoms. The van der Waals surface area contributed by atoms with Crippen molar-refractivity contribution >= 4 is 0 Å². The van der Waals surface area contributed by atoms with Crippen LogP contribution in [-0.2, 0) is 6.54 Å². The van der Waals surface area contributed by atoms with E-state index in [1.807, 2.05) is 55.5 Å². The average molecular weight is 257 g/mol. The van der Waals surface area contributed by atoms with Crippen LogP contribution in [0, 0.1) is 6.92 Å². The van der Waals surface area contributed by atoms with Crippen molar-refractivity contribution in [2.24, 2.45) is 5.73 Å². The van der Waals surface area contributed by atoms with E-state index in [0.717, 1.165) is 22.6 Å². The molecule has 0 bridgehead atoms. The fourth-order valence-corrected chi connectivity index (χ4v) is 1.79. The van der Waals surface area contributed by atoms with E-state index in [-0.39, 0.29) is 0 Å². The fourth-order valence-electron chi connectivity index (χ4n) is 1.79. The van der Waals surface area contributed by atoms with Crippen LogP contribution in [0.3, 0.4) is 0 Å². The van der Waals surface area contributed by atoms with Crippen molar-refractivity contribution < 1.29 is 9.47 Å². The fraction of sp³-hybridized carbons (Fsp3) is 0.250. The second-order valence-corrected chi connectivity index (χ2v) is 4.31. The summed E-state index contributed by atoms with van der Waals surface area (Å²) in [5.41, 5.74) is 7.78. The average Bonchev–Trinajstić information content (AvgIpc) is 2.45. The van der Waals surface area contributed by atoms with Crippen LogP contribution < -0.4 is 15.2 Å². The molecule has 0 radical (unpaired) electrons. The Kier molecular flexibility index (Phi) is 4.81. The van der Waals surface area contributed by atoms with Crippen LogP contribution in [0.2, 0.25) is 0 Å². The van der Waals surface area contributed by atoms with Gasteiger partial charge < -0.3 is 15.2 Å². The van der Waals surface area contributed by atoms with Gasteiger partial charge in [0.25, 0.3) is 0 Å². The molecule has 0 aromatic heterocycles. The molecule has 0 aliphatic heterocycles. The third kappa shape index (κ3) is 4.00. The predicted octanol–water partition coefficient (Wildman–Crippen LogP) is 2.91. The summed E-state index contributed by atoms with van der Waals surface area (Å²) in [4.78, 5) is 0. The number of rotatable bonds is 6. The van der Waals surface area contributed by atoms with Gasteiger partial charge in [-0.3, -0.25) is 0 Å². The number of hydrogen-bond acceptors (Lipinski definition) is 3. The van der Waals surface area contributed by atoms with Crippen LogP contribution in [0.4, 0.5) is 0 Å². The smallest absolute Gasteiger partial charge is 0.122 e. The highest BCUT2D eigenvalue weighted by Crippen LogP contribution is 2.16. The molecular weight excluding hydrogens is 238 g/mol. The summed E-state index contributed by atoms with van der Waals surface area (Å²) in [7, 11) is 0. The zero-order valence-corrected chi connectivity index (χ0v) is 11.1. The van der Waals surface area contributed by atoms with E-state index in [1.165, 1.54) is 0 Å². The van der Waals surface area contributed by atoms with Crippen molar-refractivity contribution in [1.82, 2.24) is 0 Å². The number of benzene rings is 2. The van der Waals surface area contributed by atoms with Crippen molar-refractivity contribution in [2.45, 2.75) is 13.5 Å². The van der Waals surface area contributed by atoms with Crippen molar-refractivity contribution in [3.8, 4) is 11.5 Å². The minimum absolute atomic E-state index is 0.516. The molecule has 19 heavy (non-hydrogen) atoms. The number of aryl methyl sites for hydroxylation is 1. The van der Waals surface area contributed by atoms with Crippen molar-refractivity contribution in [3.63, 3.8) is 0 Å². The topological polar surface area (TPSA) is 44.5 Å². The molecule has 0 unspecified atom stereocenters. The number of nitrogens with two attached hydrogens (primary N) is 1. The normalized spacial score (nSPS) is 10.2. The van der Waals surface area contributed by atoms with E-state index in [1.54, 1.807) is 0 Å². The second kappa shape index (κ2) is 6.81. The molecule has 0 saturated heterocycles. The van der Waals surface area contributed by atoms with Gasteiger partial charge in [-0.1, -0.05) is 30.3 Å². The first kappa shape index (κ1) is 13.4. The van der Waals surface area contributed by atoms with E-state index >= 15 is 0 Å². The van der Waals surface area contributed by atoms with Crippen LogP contribution in [0.5, 0.6) is 11.5 Å². The quantitative estimate of drug-likeness (QED) is 0.809. The van der Waals surface area contributed by atoms with E-state index in [9.17, 15) is 0 Å². The monoisotopic (exact) mass is 257 g/mol. The molecular formula is C16H19NO2. The van der Waals surface area contributed by atoms with Gasteiger partial charge in [-0.05, 0) is 36.2 Å². The third-order valence-electron chi connectivity index (χ3n) is 2.84. The lowest BCUT2D eigenvalue weighted by Gasteiger charge is -2.10. The molecule has 2 N–H and O–H groups in total. The molecule has 3 nitrogen and oxygen atoms in total. The second-order valence-electron chi connectivity index (χ2n) is 4.31. The lowest BCUT2D eigenvalue weighted by molar-refractivity contribution is 0.216. The minimum Gasteiger partial charge on any atom is -0.490 e. The SMILES string of the molecule is Cc1ccccc1OCCOc1cccc(CN)c1. The lowest BCUT2D eigenvalue weighted by Crippen LogP contribution is -2.09. The van der Waals surface area contributed by atoms with Crippen molar-refractivity contribution in [2.75, 3.05) is 13.2 Å². The van der Waals surface area contributed by atoms with Crippen LogP contribution >= 0.6 is 0 Å². The molecule has 2 aromatic carbocycles. The first-order valence-electron chi connectivity index (χ1n) is 6.40. The van der Waals surface area contributed by atoms with Gasteiger partial charge in [0.1, 0.15) is 24.7 Å². The largest absolute Gasteiger partial charge is 0.490 e. The minimum atomic E-state index is 0.516. The summed E-state index contributed by atoms with van der Waals surface area (Å²) in [6.07, 6.45) is 0. The Morgan fingerprint density at radius 1 is 0.947 bits per heavy atom. The zero-order valence-electron chi connectivity index (χ0n) is 11.1. The van der Waals surface area contributed by atoms with Crippen LogP contribution in [0.1, 0.15) is 11.1 Å². The first-order valence-corrected chi connectivity index (χ1v) is 6.40. The molecule has 0 aliphatic carbocycles. The van der Waals surface area contributed by atoms with Gasteiger partial charge in [-0.15, -0.1) is 0 Å². The molecule has 2 rings (SSSR count). The molecule has 0 atom stereocenters. The molecule has 0 amide bonds. The summed E-state index contributed by atoms with van der Waals surface area (Å²) in [5, 5.41) is 0. The summed E-state index contributed by atoms with van der Waals surface area (Å²) in [6.45, 7) is 3.60. The van der Waals surface area contributed by atoms with Crippen LogP contribution in [-0.4, -0.2) is 13.2 Å². The van der Waals surface area contributed by atoms with E-state index in [4.69, 9.17) is 15.2 Å². The van der Waals surface area contributed by atoms with Crippen LogP contribution in [0.15, 0.2) is 48.5 Å². The summed E-state index contributed by atoms with van der Waals surface area (Å²) in [6, 6.07) is 15.8. The maximum atomic E-state index is 5.67. The zero-order chi connectivity index (χ0) is 13.5. The Balaban J connectivity index is 1.79. The molecule has 100 valence electrons. The Labute approximate surface area is 114 Å². The highest BCUT2D eigenvalue weighted by molar-refractivity contribution is 5.31. The molecule has 0 aliphatic rings. The summed E-state index contributed by atoms with van der Waals surface area (Å²) < 4.78 is 11.3. The van der Waals surface area contributed by atoms with E-state index in [2.05, 4.69) is 0 Å². The summed E-state index contributed by atoms with van der Waals surface area (Å²) >= 11 is 0. The van der Waals surface area contributed by atoms with E-state index in [0.29, 0.717) is 19.8 Å². The molecule has 2 aromatic rings. The number of para-hydroxylation sites is 1. The number of hydrogen-bond donors (Lipinski definition) is 1. The molecule has 0 saturated carbocycles. The van der Waals surface area contributed by atoms with Gasteiger partial charge in [0, 0.05) is 6.54 Å². The highest BCUT2D eigenvalue weighted by atomic mass is 16.5. The Bertz CT molecular complexity index is 526. The first-order chi connectivity index (χ1) is 9.29. The maximum absolute atomic E-state index is 5.67. The Hall–Kier alpha value is -2.00. The van der Waals surface area contributed by atoms with Crippen LogP contribution in [0.25, 0.3) is 0 Å². The van der Waals surface area contributed by atoms with Crippen molar-refractivity contribution in [1.29, 1.82) is 0 Å². The molecule has 0 spiro atoms. The van der Waals surface area contributed by atoms with Crippen molar-refractivity contribution in [3.05, 3.63) is 59.7 Å². The van der Waals surface area contributed by atoms with Gasteiger partial charge in [0.2, 0.25) is 0 Å². The summed E-state index contributed by atoms with van der Waals surface area (Å²) in [5.74, 6) is 1.73. The maximum Gasteiger partial charge on any atom is 0.122 e. The van der Waals surface area contributed by atoms with Gasteiger partial charge in [-0.25, -0.2) is 0 Å². The Morgan fingerprint density at radius 3 is 2.53 bits per heavy atom. The van der Waals surface area contributed by atoms with E-state index < -0.39 is 0 Å². The molecule has 0 fully saturated rings. The molecule has 0 heterocycles. The predicted molar refractivity (Wildman–Crippen MR) is 76.5 cm³/mol. The van der Waals surface area contributed by atoms with Gasteiger partial charge in [-0.2, -0.15) is 0 Å². The highest BCUT2D eigenvalue weighted by Gasteiger charge is 1.99. The van der Waals surface area contributed by atoms with Gasteiger partial charge in [0.15, 0.2) is 0 Å².